The first-order valence-corrected chi connectivity index (χ1v) is 20.5. The highest BCUT2D eigenvalue weighted by molar-refractivity contribution is 7.94. The fourth-order valence-electron chi connectivity index (χ4n) is 4.72. The van der Waals surface area contributed by atoms with Crippen LogP contribution in [-0.2, 0) is 68.5 Å². The summed E-state index contributed by atoms with van der Waals surface area (Å²) in [5, 5.41) is 8.12. The van der Waals surface area contributed by atoms with Crippen molar-refractivity contribution in [1.29, 1.82) is 0 Å². The Morgan fingerprint density at radius 1 is 1.02 bits per heavy atom. The molecule has 4 unspecified atom stereocenters. The van der Waals surface area contributed by atoms with E-state index in [9.17, 15) is 23.2 Å². The normalized spacial score (nSPS) is 21.7. The number of nitrogens with two attached hydrogens (primary N) is 1. The zero-order valence-corrected chi connectivity index (χ0v) is 31.3. The van der Waals surface area contributed by atoms with Gasteiger partial charge in [0.2, 0.25) is 0 Å². The van der Waals surface area contributed by atoms with Gasteiger partial charge in [0, 0.05) is 42.6 Å². The fraction of sp³-hybridized carbons (Fsp3) is 0.375. The third kappa shape index (κ3) is 9.55. The number of nitrogens with one attached hydrogen (secondary N) is 1. The minimum atomic E-state index is -5.10. The molecule has 0 amide bonds. The minimum absolute atomic E-state index is 0.0200. The van der Waals surface area contributed by atoms with Crippen LogP contribution in [0.5, 0.6) is 0 Å². The van der Waals surface area contributed by atoms with Crippen molar-refractivity contribution in [3.63, 3.8) is 0 Å². The number of ether oxygens (including phenoxy) is 1. The predicted molar refractivity (Wildman–Crippen MR) is 178 cm³/mol. The number of benzene rings is 2. The number of nitrogens with zero attached hydrogens (tertiary/aromatic N) is 4. The first-order chi connectivity index (χ1) is 24.3. The molecule has 1 fully saturated rings. The number of phosphoric acid groups is 2. The maximum atomic E-state index is 13.8. The highest BCUT2D eigenvalue weighted by Crippen LogP contribution is 2.72. The lowest BCUT2D eigenvalue weighted by Gasteiger charge is -2.25. The van der Waals surface area contributed by atoms with Crippen LogP contribution in [0.2, 0.25) is 0 Å². The van der Waals surface area contributed by atoms with Gasteiger partial charge in [0.25, 0.3) is 0 Å². The van der Waals surface area contributed by atoms with Crippen molar-refractivity contribution in [2.75, 3.05) is 45.9 Å². The summed E-state index contributed by atoms with van der Waals surface area (Å²) in [5.41, 5.74) is 6.65. The Labute approximate surface area is 294 Å². The van der Waals surface area contributed by atoms with E-state index in [1.54, 1.807) is 30.3 Å². The summed E-state index contributed by atoms with van der Waals surface area (Å²) in [6.45, 7) is -0.668. The maximum Gasteiger partial charge on any atom is 0.695 e. The standard InChI is InChI=1S/C24H30N6O16P4S/c1-36-43-44-51-20-10-6-7-15-16(20)8-5-9-17(15)29-48(33,37-2)45-50(35,39-4)46-49(34,38-3)40-12-19-18(42-47(31)32)11-21(41-19)30-14-28-22-23(25)26-13-27-24(22)30/h5-10,13-14,18-19,21H,11-12H2,1-4H3,(H3-,25,26,27,29,31,32,33)/p+1/t18-,19+,21+,48?,49?,50?/m0/s1. The molecule has 0 spiro atoms. The summed E-state index contributed by atoms with van der Waals surface area (Å²) in [5.74, 6) is 0.115. The Kier molecular flexibility index (Phi) is 13.3. The van der Waals surface area contributed by atoms with E-state index in [1.807, 2.05) is 0 Å². The molecule has 0 bridgehead atoms. The molecule has 4 aromatic rings. The molecule has 7 atom stereocenters. The molecule has 51 heavy (non-hydrogen) atoms. The van der Waals surface area contributed by atoms with Gasteiger partial charge < -0.3 is 10.5 Å². The van der Waals surface area contributed by atoms with E-state index in [1.165, 1.54) is 30.4 Å². The highest BCUT2D eigenvalue weighted by atomic mass is 32.2. The molecule has 2 aromatic heterocycles. The summed E-state index contributed by atoms with van der Waals surface area (Å²) in [7, 11) is -13.7. The molecule has 0 radical (unpaired) electrons. The molecule has 3 heterocycles. The average molecular weight is 816 g/mol. The van der Waals surface area contributed by atoms with Crippen LogP contribution in [0, 0.1) is 0 Å². The van der Waals surface area contributed by atoms with Crippen LogP contribution < -0.4 is 10.8 Å². The number of fused-ring (bicyclic) bond motifs is 2. The van der Waals surface area contributed by atoms with Crippen LogP contribution in [0.1, 0.15) is 12.6 Å². The molecular formula is C24H31N6O16P4S+. The molecular weight excluding hydrogens is 784 g/mol. The molecule has 1 aliphatic rings. The van der Waals surface area contributed by atoms with E-state index in [-0.39, 0.29) is 23.4 Å². The van der Waals surface area contributed by atoms with Gasteiger partial charge in [-0.3, -0.25) is 27.7 Å². The summed E-state index contributed by atoms with van der Waals surface area (Å²) in [6, 6.07) is 9.95. The van der Waals surface area contributed by atoms with Crippen LogP contribution in [0.15, 0.2) is 53.9 Å². The Morgan fingerprint density at radius 3 is 2.47 bits per heavy atom. The average Bonchev–Trinajstić information content (AvgIpc) is 3.72. The van der Waals surface area contributed by atoms with E-state index < -0.39 is 56.7 Å². The van der Waals surface area contributed by atoms with E-state index in [2.05, 4.69) is 30.0 Å². The zero-order chi connectivity index (χ0) is 36.8. The molecule has 2 aromatic carbocycles. The molecule has 1 saturated heterocycles. The smallest absolute Gasteiger partial charge is 0.382 e. The summed E-state index contributed by atoms with van der Waals surface area (Å²) < 4.78 is 101. The molecule has 4 N–H and O–H groups in total. The van der Waals surface area contributed by atoms with Crippen LogP contribution >= 0.6 is 43.7 Å². The molecule has 22 nitrogen and oxygen atoms in total. The van der Waals surface area contributed by atoms with Crippen molar-refractivity contribution in [3.8, 4) is 0 Å². The first kappa shape index (κ1) is 39.7. The van der Waals surface area contributed by atoms with Crippen molar-refractivity contribution in [1.82, 2.24) is 19.5 Å². The minimum Gasteiger partial charge on any atom is -0.382 e. The van der Waals surface area contributed by atoms with Crippen molar-refractivity contribution < 1.29 is 73.4 Å². The Bertz CT molecular complexity index is 2010. The monoisotopic (exact) mass is 815 g/mol. The van der Waals surface area contributed by atoms with Crippen LogP contribution in [0.3, 0.4) is 0 Å². The molecule has 27 heteroatoms. The number of hydrogen-bond donors (Lipinski definition) is 3. The van der Waals surface area contributed by atoms with Gasteiger partial charge in [-0.15, -0.1) is 13.8 Å². The number of imidazole rings is 1. The van der Waals surface area contributed by atoms with Gasteiger partial charge in [-0.25, -0.2) is 33.5 Å². The third-order valence-corrected chi connectivity index (χ3v) is 13.7. The lowest BCUT2D eigenvalue weighted by molar-refractivity contribution is -0.447. The number of aromatic nitrogens is 4. The number of rotatable bonds is 19. The van der Waals surface area contributed by atoms with Crippen molar-refractivity contribution in [2.45, 2.75) is 29.8 Å². The van der Waals surface area contributed by atoms with Crippen LogP contribution in [-0.4, -0.2) is 71.7 Å². The van der Waals surface area contributed by atoms with Gasteiger partial charge in [-0.05, 0) is 17.5 Å². The lowest BCUT2D eigenvalue weighted by Crippen LogP contribution is -2.27. The van der Waals surface area contributed by atoms with Gasteiger partial charge in [0.05, 0.1) is 37.8 Å². The van der Waals surface area contributed by atoms with Crippen LogP contribution in [0.4, 0.5) is 11.5 Å². The lowest BCUT2D eigenvalue weighted by atomic mass is 10.1. The third-order valence-electron chi connectivity index (χ3n) is 6.95. The second-order valence-corrected chi connectivity index (χ2v) is 17.0. The van der Waals surface area contributed by atoms with E-state index >= 15 is 0 Å². The maximum absolute atomic E-state index is 13.8. The SMILES string of the molecule is COOOSc1cccc2c(NP(=O)(OC)OP(=O)(OC)OP(=O)(OC)OC[C@H]3O[C@@H](n4cnc5c(N)ncnc54)C[C@@H]3O[P+](=O)O)cccc12. The van der Waals surface area contributed by atoms with E-state index in [0.29, 0.717) is 21.3 Å². The molecule has 5 rings (SSSR count). The topological polar surface area (TPSA) is 272 Å². The Morgan fingerprint density at radius 2 is 1.76 bits per heavy atom. The first-order valence-electron chi connectivity index (χ1n) is 14.2. The second-order valence-electron chi connectivity index (χ2n) is 9.88. The zero-order valence-electron chi connectivity index (χ0n) is 26.9. The quantitative estimate of drug-likeness (QED) is 0.0330. The molecule has 0 saturated carbocycles. The van der Waals surface area contributed by atoms with E-state index in [0.717, 1.165) is 33.4 Å². The molecule has 278 valence electrons. The van der Waals surface area contributed by atoms with Crippen LogP contribution in [0.25, 0.3) is 21.9 Å². The molecule has 0 aliphatic carbocycles. The Balaban J connectivity index is 1.31. The van der Waals surface area contributed by atoms with E-state index in [4.69, 9.17) is 46.0 Å². The summed E-state index contributed by atoms with van der Waals surface area (Å²) in [4.78, 5) is 26.7. The summed E-state index contributed by atoms with van der Waals surface area (Å²) in [6.07, 6.45) is -0.582. The Hall–Kier alpha value is -2.49. The number of nitrogen functional groups attached to an aromatic ring is 1. The predicted octanol–water partition coefficient (Wildman–Crippen LogP) is 5.83. The van der Waals surface area contributed by atoms with Gasteiger partial charge >= 0.3 is 31.6 Å². The van der Waals surface area contributed by atoms with Crippen molar-refractivity contribution >= 4 is 77.1 Å². The van der Waals surface area contributed by atoms with Gasteiger partial charge in [-0.1, -0.05) is 29.3 Å². The second kappa shape index (κ2) is 17.1. The van der Waals surface area contributed by atoms with Gasteiger partial charge in [-0.2, -0.15) is 8.62 Å². The summed E-state index contributed by atoms with van der Waals surface area (Å²) >= 11 is 0.839. The van der Waals surface area contributed by atoms with Gasteiger partial charge in [0.15, 0.2) is 11.5 Å². The van der Waals surface area contributed by atoms with Crippen molar-refractivity contribution in [2.24, 2.45) is 0 Å². The number of hydrogen-bond acceptors (Lipinski definition) is 20. The molecule has 1 aliphatic heterocycles. The highest BCUT2D eigenvalue weighted by Gasteiger charge is 2.48. The number of anilines is 2. The fourth-order valence-corrected chi connectivity index (χ4v) is 10.6. The number of phosphoric ester groups is 1. The van der Waals surface area contributed by atoms with Crippen molar-refractivity contribution in [3.05, 3.63) is 49.1 Å². The van der Waals surface area contributed by atoms with Gasteiger partial charge in [0.1, 0.15) is 30.3 Å². The largest absolute Gasteiger partial charge is 0.695 e.